The number of nitrogens with zero attached hydrogens (tertiary/aromatic N) is 4. The molecule has 3 rings (SSSR count). The van der Waals surface area contributed by atoms with Crippen LogP contribution in [0.3, 0.4) is 0 Å². The van der Waals surface area contributed by atoms with Gasteiger partial charge in [-0.25, -0.2) is 43.9 Å². The minimum atomic E-state index is -2.60. The summed E-state index contributed by atoms with van der Waals surface area (Å²) in [5.74, 6) is -25.2. The van der Waals surface area contributed by atoms with Gasteiger partial charge in [0, 0.05) is 10.4 Å². The lowest BCUT2D eigenvalue weighted by molar-refractivity contribution is 0.381. The average Bonchev–Trinajstić information content (AvgIpc) is 2.91. The van der Waals surface area contributed by atoms with E-state index in [9.17, 15) is 65.0 Å². The van der Waals surface area contributed by atoms with Crippen molar-refractivity contribution < 1.29 is 43.9 Å². The van der Waals surface area contributed by atoms with Crippen molar-refractivity contribution in [1.82, 2.24) is 0 Å². The molecule has 0 aliphatic carbocycles. The van der Waals surface area contributed by atoms with Crippen molar-refractivity contribution in [1.29, 1.82) is 21.0 Å². The third-order valence-corrected chi connectivity index (χ3v) is 5.10. The van der Waals surface area contributed by atoms with E-state index in [1.54, 1.807) is 0 Å². The monoisotopic (exact) mass is 536 g/mol. The quantitative estimate of drug-likeness (QED) is 0.267. The number of halogens is 10. The van der Waals surface area contributed by atoms with Gasteiger partial charge in [0.25, 0.3) is 0 Å². The van der Waals surface area contributed by atoms with E-state index in [1.807, 2.05) is 0 Å². The molecule has 0 unspecified atom stereocenters. The second-order valence-corrected chi connectivity index (χ2v) is 7.03. The maximum atomic E-state index is 14.6. The van der Waals surface area contributed by atoms with Crippen LogP contribution in [0.1, 0.15) is 0 Å². The molecule has 188 valence electrons. The first kappa shape index (κ1) is 27.3. The molecule has 0 bridgehead atoms. The summed E-state index contributed by atoms with van der Waals surface area (Å²) in [6.45, 7) is 0. The Balaban J connectivity index is 2.83. The van der Waals surface area contributed by atoms with Gasteiger partial charge >= 0.3 is 0 Å². The summed E-state index contributed by atoms with van der Waals surface area (Å²) < 4.78 is 141. The summed E-state index contributed by atoms with van der Waals surface area (Å²) in [4.78, 5) is 0. The molecule has 0 amide bonds. The van der Waals surface area contributed by atoms with Crippen molar-refractivity contribution in [3.63, 3.8) is 0 Å². The van der Waals surface area contributed by atoms with Crippen molar-refractivity contribution >= 4 is 11.1 Å². The average molecular weight is 536 g/mol. The second-order valence-electron chi connectivity index (χ2n) is 7.03. The van der Waals surface area contributed by atoms with Crippen molar-refractivity contribution in [2.75, 3.05) is 0 Å². The van der Waals surface area contributed by atoms with Gasteiger partial charge < -0.3 is 0 Å². The summed E-state index contributed by atoms with van der Waals surface area (Å²) in [6, 6.07) is 5.23. The van der Waals surface area contributed by atoms with E-state index in [1.165, 1.54) is 24.3 Å². The summed E-state index contributed by atoms with van der Waals surface area (Å²) in [7, 11) is 0. The zero-order valence-corrected chi connectivity index (χ0v) is 17.7. The van der Waals surface area contributed by atoms with Crippen molar-refractivity contribution in [2.45, 2.75) is 0 Å². The van der Waals surface area contributed by atoms with Gasteiger partial charge in [0.15, 0.2) is 46.5 Å². The molecule has 38 heavy (non-hydrogen) atoms. The third-order valence-electron chi connectivity index (χ3n) is 5.10. The Morgan fingerprint density at radius 3 is 0.816 bits per heavy atom. The van der Waals surface area contributed by atoms with Crippen LogP contribution in [0.2, 0.25) is 0 Å². The molecule has 0 aromatic heterocycles. The Bertz CT molecular complexity index is 1640. The zero-order valence-electron chi connectivity index (χ0n) is 17.7. The summed E-state index contributed by atoms with van der Waals surface area (Å²) >= 11 is 0. The van der Waals surface area contributed by atoms with E-state index in [0.29, 0.717) is 0 Å². The highest BCUT2D eigenvalue weighted by molar-refractivity contribution is 5.85. The predicted octanol–water partition coefficient (Wildman–Crippen LogP) is 4.81. The van der Waals surface area contributed by atoms with Gasteiger partial charge in [-0.05, 0) is 23.3 Å². The molecule has 0 aliphatic rings. The van der Waals surface area contributed by atoms with Gasteiger partial charge in [-0.2, -0.15) is 21.0 Å². The van der Waals surface area contributed by atoms with Crippen LogP contribution in [0.15, 0.2) is 12.1 Å². The molecule has 3 aromatic rings. The molecule has 14 heteroatoms. The zero-order chi connectivity index (χ0) is 28.6. The first-order valence-electron chi connectivity index (χ1n) is 9.44. The molecular formula is C24H2F10N4. The maximum Gasteiger partial charge on any atom is 0.200 e. The van der Waals surface area contributed by atoms with E-state index in [0.717, 1.165) is 0 Å². The highest BCUT2D eigenvalue weighted by atomic mass is 19.2. The van der Waals surface area contributed by atoms with Gasteiger partial charge in [-0.3, -0.25) is 0 Å². The molecule has 0 atom stereocenters. The van der Waals surface area contributed by atoms with Gasteiger partial charge in [0.05, 0.1) is 11.1 Å². The van der Waals surface area contributed by atoms with Gasteiger partial charge in [0.2, 0.25) is 11.6 Å². The Morgan fingerprint density at radius 2 is 0.605 bits per heavy atom. The van der Waals surface area contributed by atoms with E-state index < -0.39 is 102 Å². The standard InChI is InChI=1S/C24H2F10N4/c25-15-13(16(26)20(30)23(33)19(15)29)11-1-9(7(3-35)4-36)12(2-10(11)8(5-37)6-38)14-17(27)21(31)24(34)22(32)18(14)28/h1-2H. The Morgan fingerprint density at radius 1 is 0.395 bits per heavy atom. The van der Waals surface area contributed by atoms with E-state index in [-0.39, 0.29) is 12.1 Å². The molecule has 0 heterocycles. The Hall–Kier alpha value is -5.34. The Kier molecular flexibility index (Phi) is 7.14. The van der Waals surface area contributed by atoms with Crippen LogP contribution in [0, 0.1) is 103 Å². The molecule has 0 saturated carbocycles. The SMILES string of the molecule is N#CC(C#N)=c1cc(-c2c(F)c(F)c(F)c(F)c2F)c(=C(C#N)C#N)cc1-c1c(F)c(F)c(F)c(F)c1F. The van der Waals surface area contributed by atoms with Crippen LogP contribution in [0.25, 0.3) is 33.4 Å². The molecule has 3 aromatic carbocycles. The first-order chi connectivity index (χ1) is 17.9. The number of hydrogen-bond donors (Lipinski definition) is 0. The third kappa shape index (κ3) is 3.95. The van der Waals surface area contributed by atoms with E-state index in [2.05, 4.69) is 0 Å². The van der Waals surface area contributed by atoms with Crippen molar-refractivity contribution in [3.8, 4) is 46.5 Å². The summed E-state index contributed by atoms with van der Waals surface area (Å²) in [6.07, 6.45) is 0. The fourth-order valence-electron chi connectivity index (χ4n) is 3.40. The molecule has 0 radical (unpaired) electrons. The minimum absolute atomic E-state index is 0.234. The van der Waals surface area contributed by atoms with Gasteiger partial charge in [0.1, 0.15) is 35.4 Å². The lowest BCUT2D eigenvalue weighted by Gasteiger charge is -2.14. The van der Waals surface area contributed by atoms with Crippen LogP contribution in [0.5, 0.6) is 0 Å². The summed E-state index contributed by atoms with van der Waals surface area (Å²) in [5, 5.41) is 34.9. The van der Waals surface area contributed by atoms with Gasteiger partial charge in [-0.1, -0.05) is 0 Å². The summed E-state index contributed by atoms with van der Waals surface area (Å²) in [5.41, 5.74) is -8.39. The molecule has 0 aliphatic heterocycles. The number of benzene rings is 3. The molecule has 0 spiro atoms. The molecule has 4 nitrogen and oxygen atoms in total. The topological polar surface area (TPSA) is 95.2 Å². The normalized spacial score (nSPS) is 10.3. The smallest absolute Gasteiger partial charge is 0.200 e. The second kappa shape index (κ2) is 9.96. The molecule has 0 saturated heterocycles. The fourth-order valence-corrected chi connectivity index (χ4v) is 3.40. The number of rotatable bonds is 2. The van der Waals surface area contributed by atoms with Crippen LogP contribution in [-0.2, 0) is 0 Å². The van der Waals surface area contributed by atoms with E-state index in [4.69, 9.17) is 0 Å². The first-order valence-corrected chi connectivity index (χ1v) is 9.44. The van der Waals surface area contributed by atoms with Crippen molar-refractivity contribution in [3.05, 3.63) is 80.7 Å². The molecule has 0 N–H and O–H groups in total. The van der Waals surface area contributed by atoms with Crippen LogP contribution < -0.4 is 10.4 Å². The largest absolute Gasteiger partial charge is 0.203 e. The highest BCUT2D eigenvalue weighted by Crippen LogP contribution is 2.33. The highest BCUT2D eigenvalue weighted by Gasteiger charge is 2.31. The van der Waals surface area contributed by atoms with Crippen molar-refractivity contribution in [2.24, 2.45) is 0 Å². The van der Waals surface area contributed by atoms with Gasteiger partial charge in [-0.15, -0.1) is 0 Å². The number of hydrogen-bond acceptors (Lipinski definition) is 4. The lowest BCUT2D eigenvalue weighted by Crippen LogP contribution is -2.22. The molecular weight excluding hydrogens is 534 g/mol. The fraction of sp³-hybridized carbons (Fsp3) is 0. The lowest BCUT2D eigenvalue weighted by atomic mass is 9.91. The van der Waals surface area contributed by atoms with Crippen LogP contribution in [0.4, 0.5) is 43.9 Å². The van der Waals surface area contributed by atoms with Crippen LogP contribution in [-0.4, -0.2) is 0 Å². The van der Waals surface area contributed by atoms with Crippen LogP contribution >= 0.6 is 0 Å². The minimum Gasteiger partial charge on any atom is -0.203 e. The predicted molar refractivity (Wildman–Crippen MR) is 105 cm³/mol. The molecule has 0 fully saturated rings. The van der Waals surface area contributed by atoms with E-state index >= 15 is 0 Å². The Labute approximate surface area is 204 Å². The number of nitriles is 4. The maximum absolute atomic E-state index is 14.6.